The lowest BCUT2D eigenvalue weighted by atomic mass is 10.1. The fourth-order valence-corrected chi connectivity index (χ4v) is 11.0. The predicted octanol–water partition coefficient (Wildman–Crippen LogP) is -5.86. The lowest BCUT2D eigenvalue weighted by molar-refractivity contribution is -0.745. The number of phosphoric ester groups is 1. The van der Waals surface area contributed by atoms with E-state index in [1.54, 1.807) is 0 Å². The fraction of sp³-hybridized carbons (Fsp3) is 0.520. The molecular weight excluding hydrogens is 940 g/mol. The van der Waals surface area contributed by atoms with Crippen LogP contribution in [0.5, 0.6) is 0 Å². The molecule has 0 amide bonds. The van der Waals surface area contributed by atoms with Crippen LogP contribution in [0.1, 0.15) is 12.5 Å². The lowest BCUT2D eigenvalue weighted by Gasteiger charge is -2.19. The molecule has 5 aromatic rings. The number of rotatable bonds is 17. The van der Waals surface area contributed by atoms with Gasteiger partial charge in [0.2, 0.25) is 17.7 Å². The third-order valence-corrected chi connectivity index (χ3v) is 14.9. The Morgan fingerprint density at radius 1 is 0.873 bits per heavy atom. The number of H-pyrrole nitrogens is 2. The molecule has 0 aliphatic carbocycles. The normalized spacial score (nSPS) is 28.0. The molecule has 2 aliphatic rings. The standard InChI is InChI=1S/C25H36N14O20P4/c1-36-8-39(19-13(36)21(45)33-25(27)31-19)23-17(43)14(40)9(57-23)5-54-61(48,49)29-2-3-37-4-11(34-35-37)60(46,47)58-63(52,53)59-62(50,51)55-6-10-15(41)16(42)22(56-10)38-7-28-12-18(38)30-24(26)32-20(12)44/h4,7-10,14-17,22-23,40-43H,2-3,5-6H2,1H3,(H10-,26,27,29,30,31,32,33,44,45,46,47,48,49,50,51,52,53)/p+1/t9-,10-,14+,15?,16+,17?,22-,23-/m1/s1. The van der Waals surface area contributed by atoms with Crippen molar-refractivity contribution in [1.82, 2.24) is 54.1 Å². The van der Waals surface area contributed by atoms with Crippen LogP contribution in [0.2, 0.25) is 0 Å². The molecule has 2 saturated heterocycles. The molecule has 0 radical (unpaired) electrons. The number of hydrogen-bond acceptors (Lipinski definition) is 23. The summed E-state index contributed by atoms with van der Waals surface area (Å²) in [6, 6.07) is 0. The van der Waals surface area contributed by atoms with Crippen LogP contribution in [0.4, 0.5) is 11.9 Å². The average Bonchev–Trinajstić information content (AvgIpc) is 3.99. The monoisotopic (exact) mass is 977 g/mol. The van der Waals surface area contributed by atoms with Gasteiger partial charge >= 0.3 is 36.6 Å². The van der Waals surface area contributed by atoms with Gasteiger partial charge in [-0.1, -0.05) is 10.2 Å². The van der Waals surface area contributed by atoms with E-state index in [9.17, 15) is 67.8 Å². The van der Waals surface area contributed by atoms with Gasteiger partial charge in [0.15, 0.2) is 29.2 Å². The summed E-state index contributed by atoms with van der Waals surface area (Å²) in [5, 5.41) is 51.3. The van der Waals surface area contributed by atoms with E-state index >= 15 is 0 Å². The third-order valence-electron chi connectivity index (χ3n) is 9.17. The molecule has 63 heavy (non-hydrogen) atoms. The largest absolute Gasteiger partial charge is 0.488 e. The Morgan fingerprint density at radius 3 is 2.25 bits per heavy atom. The van der Waals surface area contributed by atoms with Gasteiger partial charge in [-0.15, -0.1) is 5.10 Å². The second-order valence-corrected chi connectivity index (χ2v) is 20.2. The Balaban J connectivity index is 0.881. The highest BCUT2D eigenvalue weighted by molar-refractivity contribution is 7.71. The number of aliphatic hydroxyl groups excluding tert-OH is 4. The molecule has 2 aliphatic heterocycles. The van der Waals surface area contributed by atoms with E-state index in [-0.39, 0.29) is 40.8 Å². The summed E-state index contributed by atoms with van der Waals surface area (Å²) in [5.41, 5.74) is 8.58. The van der Waals surface area contributed by atoms with Crippen molar-refractivity contribution in [2.45, 2.75) is 55.6 Å². The molecule has 38 heteroatoms. The Morgan fingerprint density at radius 2 is 1.52 bits per heavy atom. The van der Waals surface area contributed by atoms with E-state index in [4.69, 9.17) is 25.5 Å². The number of ether oxygens (including phenoxy) is 2. The highest BCUT2D eigenvalue weighted by atomic mass is 31.3. The van der Waals surface area contributed by atoms with Crippen molar-refractivity contribution < 1.29 is 90.0 Å². The molecule has 0 bridgehead atoms. The van der Waals surface area contributed by atoms with E-state index in [2.05, 4.69) is 53.5 Å². The van der Waals surface area contributed by atoms with Crippen molar-refractivity contribution in [2.75, 3.05) is 31.2 Å². The predicted molar refractivity (Wildman–Crippen MR) is 201 cm³/mol. The Kier molecular flexibility index (Phi) is 12.8. The van der Waals surface area contributed by atoms with E-state index < -0.39 is 116 Å². The molecule has 5 aromatic heterocycles. The van der Waals surface area contributed by atoms with Gasteiger partial charge in [-0.2, -0.15) is 9.29 Å². The number of imidazole rings is 2. The molecule has 2 fully saturated rings. The summed E-state index contributed by atoms with van der Waals surface area (Å²) < 4.78 is 84.2. The summed E-state index contributed by atoms with van der Waals surface area (Å²) in [6.07, 6.45) is -9.62. The van der Waals surface area contributed by atoms with Gasteiger partial charge in [-0.3, -0.25) is 47.0 Å². The van der Waals surface area contributed by atoms with E-state index in [1.165, 1.54) is 22.5 Å². The van der Waals surface area contributed by atoms with Crippen molar-refractivity contribution in [3.8, 4) is 0 Å². The van der Waals surface area contributed by atoms with E-state index in [1.807, 2.05) is 0 Å². The van der Waals surface area contributed by atoms with Crippen LogP contribution in [0.25, 0.3) is 22.3 Å². The molecule has 34 nitrogen and oxygen atoms in total. The van der Waals surface area contributed by atoms with Crippen LogP contribution in [-0.4, -0.2) is 145 Å². The first-order valence-electron chi connectivity index (χ1n) is 17.6. The smallest absolute Gasteiger partial charge is 0.387 e. The molecule has 12 atom stereocenters. The van der Waals surface area contributed by atoms with E-state index in [0.29, 0.717) is 6.20 Å². The minimum Gasteiger partial charge on any atom is -0.387 e. The van der Waals surface area contributed by atoms with Crippen molar-refractivity contribution in [3.05, 3.63) is 39.6 Å². The summed E-state index contributed by atoms with van der Waals surface area (Å²) in [7, 11) is -20.4. The minimum absolute atomic E-state index is 0.00536. The second-order valence-electron chi connectivity index (χ2n) is 13.6. The van der Waals surface area contributed by atoms with E-state index in [0.717, 1.165) is 15.6 Å². The summed E-state index contributed by atoms with van der Waals surface area (Å²) >= 11 is 0. The number of aliphatic hydroxyl groups is 4. The SMILES string of the molecule is Cn1c[n+]([C@@H]2O[C@H](COP(=O)(O)NCCn3cc(P(=O)(O)OP(=O)(O)OP(=O)(O)OC[C@H]4O[C@@H](n5cnc6c(=O)[nH]c(N)nc65)[C@@H](O)C4O)nn3)[C@H](O)C2O)c2nc(N)[nH]c(=O)c21. The Labute approximate surface area is 347 Å². The summed E-state index contributed by atoms with van der Waals surface area (Å²) in [6.45, 7) is -2.67. The zero-order valence-corrected chi connectivity index (χ0v) is 35.2. The number of nitrogens with zero attached hydrogens (tertiary/aromatic N) is 9. The molecule has 15 N–H and O–H groups in total. The lowest BCUT2D eigenvalue weighted by Crippen LogP contribution is -2.46. The molecule has 7 rings (SSSR count). The second kappa shape index (κ2) is 17.3. The topological polar surface area (TPSA) is 498 Å². The molecule has 6 unspecified atom stereocenters. The fourth-order valence-electron chi connectivity index (χ4n) is 6.35. The number of aromatic nitrogens is 11. The summed E-state index contributed by atoms with van der Waals surface area (Å²) in [4.78, 5) is 81.6. The quantitative estimate of drug-likeness (QED) is 0.0305. The number of nitrogen functional groups attached to an aromatic ring is 2. The van der Waals surface area contributed by atoms with Gasteiger partial charge < -0.3 is 60.9 Å². The molecule has 7 heterocycles. The average molecular weight is 978 g/mol. The summed E-state index contributed by atoms with van der Waals surface area (Å²) in [5.74, 6) is -0.553. The maximum Gasteiger partial charge on any atom is 0.488 e. The van der Waals surface area contributed by atoms with Crippen LogP contribution < -0.4 is 37.7 Å². The molecule has 346 valence electrons. The van der Waals surface area contributed by atoms with Crippen molar-refractivity contribution in [1.29, 1.82) is 0 Å². The Hall–Kier alpha value is -4.24. The molecule has 0 saturated carbocycles. The van der Waals surface area contributed by atoms with Crippen LogP contribution >= 0.6 is 31.0 Å². The highest BCUT2D eigenvalue weighted by Gasteiger charge is 2.49. The van der Waals surface area contributed by atoms with Gasteiger partial charge in [0.1, 0.15) is 36.6 Å². The number of hydrogen-bond donors (Lipinski definition) is 13. The van der Waals surface area contributed by atoms with Gasteiger partial charge in [0.05, 0.1) is 39.3 Å². The maximum absolute atomic E-state index is 12.8. The number of fused-ring (bicyclic) bond motifs is 2. The number of nitrogens with two attached hydrogens (primary N) is 2. The highest BCUT2D eigenvalue weighted by Crippen LogP contribution is 2.67. The van der Waals surface area contributed by atoms with Gasteiger partial charge in [0.25, 0.3) is 17.1 Å². The number of phosphoric acid groups is 2. The van der Waals surface area contributed by atoms with Crippen molar-refractivity contribution in [3.63, 3.8) is 0 Å². The van der Waals surface area contributed by atoms with Gasteiger partial charge in [-0.05, 0) is 0 Å². The van der Waals surface area contributed by atoms with Crippen LogP contribution in [0.3, 0.4) is 0 Å². The third kappa shape index (κ3) is 9.89. The van der Waals surface area contributed by atoms with Crippen LogP contribution in [0, 0.1) is 0 Å². The van der Waals surface area contributed by atoms with Crippen LogP contribution in [0.15, 0.2) is 28.4 Å². The molecule has 0 spiro atoms. The van der Waals surface area contributed by atoms with Crippen molar-refractivity contribution in [2.24, 2.45) is 7.05 Å². The number of aryl methyl sites for hydroxylation is 1. The first-order chi connectivity index (χ1) is 29.3. The minimum atomic E-state index is -5.99. The van der Waals surface area contributed by atoms with Gasteiger partial charge in [0, 0.05) is 6.54 Å². The number of anilines is 2. The first kappa shape index (κ1) is 46.7. The molecular formula is C25H37N14O20P4+. The zero-order valence-electron chi connectivity index (χ0n) is 31.6. The van der Waals surface area contributed by atoms with Crippen LogP contribution in [-0.2, 0) is 59.0 Å². The number of nitrogens with one attached hydrogen (secondary N) is 3. The van der Waals surface area contributed by atoms with Gasteiger partial charge in [-0.25, -0.2) is 32.6 Å². The van der Waals surface area contributed by atoms with Crippen molar-refractivity contribution >= 4 is 70.6 Å². The zero-order chi connectivity index (χ0) is 46.0. The Bertz CT molecular complexity index is 2850. The molecule has 0 aromatic carbocycles. The maximum atomic E-state index is 12.8. The number of aromatic amines is 2. The first-order valence-corrected chi connectivity index (χ1v) is 23.7.